The number of nitrogens with zero attached hydrogens (tertiary/aromatic N) is 2. The lowest BCUT2D eigenvalue weighted by Crippen LogP contribution is -2.17. The SMILES string of the molecule is CCCC(CCO)CNc1nc(C)nc2scc(C)c12. The predicted molar refractivity (Wildman–Crippen MR) is 85.5 cm³/mol. The second-order valence-electron chi connectivity index (χ2n) is 5.27. The number of nitrogens with one attached hydrogen (secondary N) is 1. The Morgan fingerprint density at radius 1 is 1.30 bits per heavy atom. The molecule has 110 valence electrons. The fraction of sp³-hybridized carbons (Fsp3) is 0.600. The summed E-state index contributed by atoms with van der Waals surface area (Å²) in [7, 11) is 0. The molecule has 0 fully saturated rings. The van der Waals surface area contributed by atoms with E-state index < -0.39 is 0 Å². The summed E-state index contributed by atoms with van der Waals surface area (Å²) in [5.74, 6) is 2.23. The zero-order valence-electron chi connectivity index (χ0n) is 12.4. The second-order valence-corrected chi connectivity index (χ2v) is 6.12. The molecule has 4 nitrogen and oxygen atoms in total. The van der Waals surface area contributed by atoms with Crippen LogP contribution in [-0.4, -0.2) is 28.2 Å². The second kappa shape index (κ2) is 6.99. The molecule has 0 aliphatic carbocycles. The molecule has 1 unspecified atom stereocenters. The minimum Gasteiger partial charge on any atom is -0.396 e. The van der Waals surface area contributed by atoms with Gasteiger partial charge in [-0.05, 0) is 43.6 Å². The van der Waals surface area contributed by atoms with Gasteiger partial charge in [-0.2, -0.15) is 0 Å². The molecule has 0 radical (unpaired) electrons. The first kappa shape index (κ1) is 15.2. The molecule has 0 aliphatic heterocycles. The van der Waals surface area contributed by atoms with Gasteiger partial charge in [-0.15, -0.1) is 11.3 Å². The zero-order valence-corrected chi connectivity index (χ0v) is 13.3. The van der Waals surface area contributed by atoms with Gasteiger partial charge in [0.05, 0.1) is 5.39 Å². The van der Waals surface area contributed by atoms with Crippen molar-refractivity contribution in [2.45, 2.75) is 40.0 Å². The van der Waals surface area contributed by atoms with Gasteiger partial charge < -0.3 is 10.4 Å². The van der Waals surface area contributed by atoms with Gasteiger partial charge in [0.15, 0.2) is 0 Å². The van der Waals surface area contributed by atoms with Gasteiger partial charge in [0, 0.05) is 13.2 Å². The first-order valence-electron chi connectivity index (χ1n) is 7.22. The van der Waals surface area contributed by atoms with E-state index in [9.17, 15) is 0 Å². The van der Waals surface area contributed by atoms with Crippen LogP contribution in [0.1, 0.15) is 37.6 Å². The van der Waals surface area contributed by atoms with E-state index in [2.05, 4.69) is 34.5 Å². The summed E-state index contributed by atoms with van der Waals surface area (Å²) < 4.78 is 0. The highest BCUT2D eigenvalue weighted by molar-refractivity contribution is 7.17. The molecule has 1 atom stereocenters. The van der Waals surface area contributed by atoms with Crippen molar-refractivity contribution >= 4 is 27.4 Å². The quantitative estimate of drug-likeness (QED) is 0.820. The maximum absolute atomic E-state index is 9.14. The minimum absolute atomic E-state index is 0.252. The van der Waals surface area contributed by atoms with Gasteiger partial charge in [-0.1, -0.05) is 13.3 Å². The van der Waals surface area contributed by atoms with E-state index in [4.69, 9.17) is 5.11 Å². The first-order valence-corrected chi connectivity index (χ1v) is 8.10. The fourth-order valence-corrected chi connectivity index (χ4v) is 3.47. The zero-order chi connectivity index (χ0) is 14.5. The molecule has 2 aromatic heterocycles. The monoisotopic (exact) mass is 293 g/mol. The maximum atomic E-state index is 9.14. The van der Waals surface area contributed by atoms with Crippen LogP contribution < -0.4 is 5.32 Å². The molecule has 0 bridgehead atoms. The summed E-state index contributed by atoms with van der Waals surface area (Å²) in [6.07, 6.45) is 3.11. The van der Waals surface area contributed by atoms with Crippen LogP contribution >= 0.6 is 11.3 Å². The number of fused-ring (bicyclic) bond motifs is 1. The maximum Gasteiger partial charge on any atom is 0.138 e. The molecule has 2 heterocycles. The summed E-state index contributed by atoms with van der Waals surface area (Å²) in [5.41, 5.74) is 1.22. The largest absolute Gasteiger partial charge is 0.396 e. The van der Waals surface area contributed by atoms with Crippen LogP contribution in [0, 0.1) is 19.8 Å². The van der Waals surface area contributed by atoms with Crippen molar-refractivity contribution in [1.29, 1.82) is 0 Å². The molecule has 0 aromatic carbocycles. The Bertz CT molecular complexity index is 561. The topological polar surface area (TPSA) is 58.0 Å². The van der Waals surface area contributed by atoms with Crippen molar-refractivity contribution in [2.24, 2.45) is 5.92 Å². The summed E-state index contributed by atoms with van der Waals surface area (Å²) in [6.45, 7) is 7.31. The molecule has 0 aliphatic rings. The Kier molecular flexibility index (Phi) is 5.31. The third-order valence-corrected chi connectivity index (χ3v) is 4.51. The number of hydrogen-bond donors (Lipinski definition) is 2. The van der Waals surface area contributed by atoms with Gasteiger partial charge in [0.2, 0.25) is 0 Å². The van der Waals surface area contributed by atoms with Gasteiger partial charge in [0.1, 0.15) is 16.5 Å². The van der Waals surface area contributed by atoms with Crippen molar-refractivity contribution in [3.8, 4) is 0 Å². The molecular formula is C15H23N3OS. The van der Waals surface area contributed by atoms with Crippen LogP contribution in [-0.2, 0) is 0 Å². The Morgan fingerprint density at radius 2 is 2.10 bits per heavy atom. The third-order valence-electron chi connectivity index (χ3n) is 3.52. The highest BCUT2D eigenvalue weighted by Gasteiger charge is 2.12. The number of aliphatic hydroxyl groups excluding tert-OH is 1. The molecule has 2 aromatic rings. The van der Waals surface area contributed by atoms with Crippen LogP contribution in [0.3, 0.4) is 0 Å². The average molecular weight is 293 g/mol. The van der Waals surface area contributed by atoms with E-state index >= 15 is 0 Å². The van der Waals surface area contributed by atoms with E-state index in [1.807, 2.05) is 6.92 Å². The van der Waals surface area contributed by atoms with Crippen molar-refractivity contribution in [3.05, 3.63) is 16.8 Å². The molecule has 5 heteroatoms. The lowest BCUT2D eigenvalue weighted by Gasteiger charge is -2.16. The number of anilines is 1. The van der Waals surface area contributed by atoms with Crippen LogP contribution in [0.2, 0.25) is 0 Å². The van der Waals surface area contributed by atoms with Crippen molar-refractivity contribution in [2.75, 3.05) is 18.5 Å². The van der Waals surface area contributed by atoms with E-state index in [0.29, 0.717) is 5.92 Å². The highest BCUT2D eigenvalue weighted by Crippen LogP contribution is 2.29. The summed E-state index contributed by atoms with van der Waals surface area (Å²) in [4.78, 5) is 10.1. The number of thiophene rings is 1. The number of rotatable bonds is 7. The lowest BCUT2D eigenvalue weighted by molar-refractivity contribution is 0.255. The molecule has 0 spiro atoms. The molecule has 0 saturated heterocycles. The summed E-state index contributed by atoms with van der Waals surface area (Å²) in [6, 6.07) is 0. The smallest absolute Gasteiger partial charge is 0.138 e. The number of aromatic nitrogens is 2. The van der Waals surface area contributed by atoms with Crippen molar-refractivity contribution in [1.82, 2.24) is 9.97 Å². The Hall–Kier alpha value is -1.20. The third kappa shape index (κ3) is 3.46. The van der Waals surface area contributed by atoms with Crippen LogP contribution in [0.15, 0.2) is 5.38 Å². The lowest BCUT2D eigenvalue weighted by atomic mass is 10.0. The molecule has 2 rings (SSSR count). The molecule has 0 amide bonds. The van der Waals surface area contributed by atoms with Gasteiger partial charge in [-0.3, -0.25) is 0 Å². The molecular weight excluding hydrogens is 270 g/mol. The fourth-order valence-electron chi connectivity index (χ4n) is 2.50. The molecule has 2 N–H and O–H groups in total. The van der Waals surface area contributed by atoms with Gasteiger partial charge >= 0.3 is 0 Å². The number of aryl methyl sites for hydroxylation is 2. The minimum atomic E-state index is 0.252. The molecule has 0 saturated carbocycles. The van der Waals surface area contributed by atoms with E-state index in [0.717, 1.165) is 47.7 Å². The Balaban J connectivity index is 2.18. The van der Waals surface area contributed by atoms with Crippen molar-refractivity contribution < 1.29 is 5.11 Å². The van der Waals surface area contributed by atoms with E-state index in [1.165, 1.54) is 5.56 Å². The average Bonchev–Trinajstić information content (AvgIpc) is 2.77. The van der Waals surface area contributed by atoms with Gasteiger partial charge in [0.25, 0.3) is 0 Å². The Morgan fingerprint density at radius 3 is 2.80 bits per heavy atom. The number of aliphatic hydroxyl groups is 1. The normalized spacial score (nSPS) is 12.8. The number of hydrogen-bond acceptors (Lipinski definition) is 5. The van der Waals surface area contributed by atoms with Crippen LogP contribution in [0.25, 0.3) is 10.2 Å². The molecule has 20 heavy (non-hydrogen) atoms. The summed E-state index contributed by atoms with van der Waals surface area (Å²) in [5, 5.41) is 15.9. The van der Waals surface area contributed by atoms with Crippen LogP contribution in [0.4, 0.5) is 5.82 Å². The summed E-state index contributed by atoms with van der Waals surface area (Å²) >= 11 is 1.67. The predicted octanol–water partition coefficient (Wildman–Crippen LogP) is 3.52. The van der Waals surface area contributed by atoms with Gasteiger partial charge in [-0.25, -0.2) is 9.97 Å². The standard InChI is InChI=1S/C15H23N3OS/c1-4-5-12(6-7-19)8-16-14-13-10(2)9-20-15(13)18-11(3)17-14/h9,12,19H,4-8H2,1-3H3,(H,16,17,18). The van der Waals surface area contributed by atoms with Crippen molar-refractivity contribution in [3.63, 3.8) is 0 Å². The van der Waals surface area contributed by atoms with Crippen LogP contribution in [0.5, 0.6) is 0 Å². The van der Waals surface area contributed by atoms with E-state index in [-0.39, 0.29) is 6.61 Å². The Labute approximate surface area is 124 Å². The van der Waals surface area contributed by atoms with E-state index in [1.54, 1.807) is 11.3 Å². The highest BCUT2D eigenvalue weighted by atomic mass is 32.1. The first-order chi connectivity index (χ1) is 9.65.